The second kappa shape index (κ2) is 6.30. The van der Waals surface area contributed by atoms with Gasteiger partial charge in [-0.05, 0) is 25.7 Å². The first kappa shape index (κ1) is 15.6. The van der Waals surface area contributed by atoms with Gasteiger partial charge in [-0.2, -0.15) is 0 Å². The summed E-state index contributed by atoms with van der Waals surface area (Å²) in [6, 6.07) is 0. The predicted molar refractivity (Wildman–Crippen MR) is 74.4 cm³/mol. The predicted octanol–water partition coefficient (Wildman–Crippen LogP) is -0.746. The third kappa shape index (κ3) is 2.94. The number of rotatable bonds is 3. The van der Waals surface area contributed by atoms with Crippen molar-refractivity contribution in [3.05, 3.63) is 0 Å². The van der Waals surface area contributed by atoms with E-state index in [4.69, 9.17) is 21.4 Å². The monoisotopic (exact) mass is 298 g/mol. The fraction of sp³-hybridized carbons (Fsp3) is 0.769. The van der Waals surface area contributed by atoms with E-state index >= 15 is 0 Å². The van der Waals surface area contributed by atoms with E-state index in [1.54, 1.807) is 4.90 Å². The molecule has 2 rings (SSSR count). The van der Waals surface area contributed by atoms with Crippen LogP contribution in [0.5, 0.6) is 0 Å². The summed E-state index contributed by atoms with van der Waals surface area (Å²) < 4.78 is 5.28. The van der Waals surface area contributed by atoms with E-state index in [0.29, 0.717) is 45.6 Å². The minimum Gasteiger partial charge on any atom is -0.409 e. The zero-order valence-corrected chi connectivity index (χ0v) is 12.0. The third-order valence-electron chi connectivity index (χ3n) is 4.46. The van der Waals surface area contributed by atoms with Crippen LogP contribution in [-0.4, -0.2) is 54.1 Å². The Kier molecular flexibility index (Phi) is 4.66. The Morgan fingerprint density at radius 2 is 1.95 bits per heavy atom. The Balaban J connectivity index is 2.20. The number of piperidine rings is 1. The molecule has 0 saturated carbocycles. The number of amidine groups is 1. The van der Waals surface area contributed by atoms with Crippen molar-refractivity contribution in [2.75, 3.05) is 26.3 Å². The number of likely N-dealkylation sites (tertiary alicyclic amines) is 1. The molecule has 8 nitrogen and oxygen atoms in total. The Morgan fingerprint density at radius 3 is 2.52 bits per heavy atom. The van der Waals surface area contributed by atoms with Gasteiger partial charge >= 0.3 is 0 Å². The van der Waals surface area contributed by atoms with Gasteiger partial charge in [-0.15, -0.1) is 0 Å². The van der Waals surface area contributed by atoms with Crippen molar-refractivity contribution >= 4 is 17.6 Å². The lowest BCUT2D eigenvalue weighted by atomic mass is 9.77. The Morgan fingerprint density at radius 1 is 1.29 bits per heavy atom. The van der Waals surface area contributed by atoms with E-state index in [1.807, 2.05) is 0 Å². The average molecular weight is 298 g/mol. The number of hydrogen-bond acceptors (Lipinski definition) is 5. The Labute approximate surface area is 123 Å². The van der Waals surface area contributed by atoms with Crippen molar-refractivity contribution in [1.82, 2.24) is 4.90 Å². The molecule has 2 aliphatic rings. The highest BCUT2D eigenvalue weighted by Crippen LogP contribution is 2.34. The van der Waals surface area contributed by atoms with Gasteiger partial charge in [0, 0.05) is 26.3 Å². The SMILES string of the molecule is NC(=O)C1CCCN(C(=O)C2(C(N)=NO)CCOCC2)C1. The molecule has 1 atom stereocenters. The molecule has 0 aromatic rings. The molecule has 8 heteroatoms. The first-order valence-corrected chi connectivity index (χ1v) is 7.15. The van der Waals surface area contributed by atoms with Crippen LogP contribution >= 0.6 is 0 Å². The largest absolute Gasteiger partial charge is 0.409 e. The lowest BCUT2D eigenvalue weighted by Gasteiger charge is -2.41. The van der Waals surface area contributed by atoms with Crippen LogP contribution in [0.4, 0.5) is 0 Å². The fourth-order valence-electron chi connectivity index (χ4n) is 3.09. The van der Waals surface area contributed by atoms with Gasteiger partial charge in [0.2, 0.25) is 11.8 Å². The normalized spacial score (nSPS) is 26.4. The number of ether oxygens (including phenoxy) is 1. The lowest BCUT2D eigenvalue weighted by Crippen LogP contribution is -2.56. The number of amides is 2. The summed E-state index contributed by atoms with van der Waals surface area (Å²) in [6.07, 6.45) is 2.17. The van der Waals surface area contributed by atoms with Crippen LogP contribution in [-0.2, 0) is 14.3 Å². The highest BCUT2D eigenvalue weighted by atomic mass is 16.5. The van der Waals surface area contributed by atoms with Gasteiger partial charge in [-0.1, -0.05) is 5.16 Å². The van der Waals surface area contributed by atoms with Crippen LogP contribution in [0.15, 0.2) is 5.16 Å². The molecule has 0 aromatic carbocycles. The first-order chi connectivity index (χ1) is 10.0. The Hall–Kier alpha value is -1.83. The van der Waals surface area contributed by atoms with E-state index in [2.05, 4.69) is 5.16 Å². The van der Waals surface area contributed by atoms with Crippen molar-refractivity contribution in [3.63, 3.8) is 0 Å². The summed E-state index contributed by atoms with van der Waals surface area (Å²) in [6.45, 7) is 1.63. The molecule has 2 saturated heterocycles. The second-order valence-corrected chi connectivity index (χ2v) is 5.67. The van der Waals surface area contributed by atoms with Crippen molar-refractivity contribution < 1.29 is 19.5 Å². The zero-order chi connectivity index (χ0) is 15.5. The quantitative estimate of drug-likeness (QED) is 0.273. The van der Waals surface area contributed by atoms with Crippen LogP contribution in [0.1, 0.15) is 25.7 Å². The number of hydrogen-bond donors (Lipinski definition) is 3. The summed E-state index contributed by atoms with van der Waals surface area (Å²) in [5.74, 6) is -1.01. The van der Waals surface area contributed by atoms with Gasteiger partial charge in [0.1, 0.15) is 5.41 Å². The molecule has 2 amide bonds. The maximum atomic E-state index is 12.9. The molecule has 21 heavy (non-hydrogen) atoms. The van der Waals surface area contributed by atoms with E-state index in [9.17, 15) is 9.59 Å². The van der Waals surface area contributed by atoms with Crippen molar-refractivity contribution in [2.45, 2.75) is 25.7 Å². The molecule has 0 spiro atoms. The molecular formula is C13H22N4O4. The summed E-state index contributed by atoms with van der Waals surface area (Å²) in [7, 11) is 0. The zero-order valence-electron chi connectivity index (χ0n) is 12.0. The number of primary amides is 1. The van der Waals surface area contributed by atoms with Crippen LogP contribution in [0.2, 0.25) is 0 Å². The van der Waals surface area contributed by atoms with E-state index in [1.165, 1.54) is 0 Å². The van der Waals surface area contributed by atoms with E-state index in [0.717, 1.165) is 6.42 Å². The topological polar surface area (TPSA) is 131 Å². The van der Waals surface area contributed by atoms with Crippen molar-refractivity contribution in [1.29, 1.82) is 0 Å². The number of carbonyl (C=O) groups excluding carboxylic acids is 2. The van der Waals surface area contributed by atoms with Gasteiger partial charge < -0.3 is 26.3 Å². The molecule has 0 bridgehead atoms. The molecule has 0 aliphatic carbocycles. The number of nitrogens with zero attached hydrogens (tertiary/aromatic N) is 2. The van der Waals surface area contributed by atoms with Crippen LogP contribution in [0.3, 0.4) is 0 Å². The van der Waals surface area contributed by atoms with E-state index < -0.39 is 11.3 Å². The minimum absolute atomic E-state index is 0.0861. The first-order valence-electron chi connectivity index (χ1n) is 7.15. The molecule has 2 aliphatic heterocycles. The van der Waals surface area contributed by atoms with Gasteiger partial charge in [0.15, 0.2) is 5.84 Å². The van der Waals surface area contributed by atoms with Crippen molar-refractivity contribution in [2.24, 2.45) is 28.0 Å². The average Bonchev–Trinajstić information content (AvgIpc) is 2.54. The summed E-state index contributed by atoms with van der Waals surface area (Å²) in [5, 5.41) is 12.1. The highest BCUT2D eigenvalue weighted by molar-refractivity contribution is 6.07. The summed E-state index contributed by atoms with van der Waals surface area (Å²) in [5.41, 5.74) is 10.1. The maximum absolute atomic E-state index is 12.9. The lowest BCUT2D eigenvalue weighted by molar-refractivity contribution is -0.145. The van der Waals surface area contributed by atoms with Gasteiger partial charge in [-0.25, -0.2) is 0 Å². The fourth-order valence-corrected chi connectivity index (χ4v) is 3.09. The highest BCUT2D eigenvalue weighted by Gasteiger charge is 2.47. The second-order valence-electron chi connectivity index (χ2n) is 5.67. The third-order valence-corrected chi connectivity index (χ3v) is 4.46. The molecule has 0 aromatic heterocycles. The number of carbonyl (C=O) groups is 2. The van der Waals surface area contributed by atoms with Gasteiger partial charge in [0.25, 0.3) is 0 Å². The van der Waals surface area contributed by atoms with Gasteiger partial charge in [-0.3, -0.25) is 9.59 Å². The van der Waals surface area contributed by atoms with Crippen LogP contribution < -0.4 is 11.5 Å². The standard InChI is InChI=1S/C13H22N4O4/c14-10(18)9-2-1-5-17(8-9)12(19)13(11(15)16-20)3-6-21-7-4-13/h9,20H,1-8H2,(H2,14,18)(H2,15,16). The number of nitrogens with two attached hydrogens (primary N) is 2. The molecular weight excluding hydrogens is 276 g/mol. The van der Waals surface area contributed by atoms with E-state index in [-0.39, 0.29) is 17.7 Å². The van der Waals surface area contributed by atoms with Crippen LogP contribution in [0, 0.1) is 11.3 Å². The molecule has 118 valence electrons. The smallest absolute Gasteiger partial charge is 0.236 e. The summed E-state index contributed by atoms with van der Waals surface area (Å²) in [4.78, 5) is 25.8. The molecule has 1 unspecified atom stereocenters. The molecule has 2 heterocycles. The molecule has 2 fully saturated rings. The molecule has 5 N–H and O–H groups in total. The van der Waals surface area contributed by atoms with Crippen LogP contribution in [0.25, 0.3) is 0 Å². The Bertz CT molecular complexity index is 445. The minimum atomic E-state index is -1.04. The van der Waals surface area contributed by atoms with Gasteiger partial charge in [0.05, 0.1) is 5.92 Å². The molecule has 0 radical (unpaired) electrons. The maximum Gasteiger partial charge on any atom is 0.236 e. The number of oxime groups is 1. The van der Waals surface area contributed by atoms with Crippen molar-refractivity contribution in [3.8, 4) is 0 Å². The summed E-state index contributed by atoms with van der Waals surface area (Å²) >= 11 is 0.